The molecule has 2 amide bonds. The molecule has 0 saturated carbocycles. The van der Waals surface area contributed by atoms with Gasteiger partial charge in [0, 0.05) is 49.5 Å². The normalized spacial score (nSPS) is 14.2. The van der Waals surface area contributed by atoms with Crippen LogP contribution < -0.4 is 25.0 Å². The summed E-state index contributed by atoms with van der Waals surface area (Å²) in [6.07, 6.45) is 5.50. The maximum absolute atomic E-state index is 12.2. The number of carbonyl (C=O) groups is 2. The average molecular weight is 398 g/mol. The Hall–Kier alpha value is -3.29. The van der Waals surface area contributed by atoms with E-state index in [2.05, 4.69) is 20.5 Å². The molecule has 1 aromatic carbocycles. The number of ether oxygens (including phenoxy) is 2. The van der Waals surface area contributed by atoms with Gasteiger partial charge < -0.3 is 25.0 Å². The average Bonchev–Trinajstić information content (AvgIpc) is 2.78. The van der Waals surface area contributed by atoms with E-state index in [0.29, 0.717) is 29.6 Å². The summed E-state index contributed by atoms with van der Waals surface area (Å²) < 4.78 is 10.4. The van der Waals surface area contributed by atoms with Gasteiger partial charge in [-0.1, -0.05) is 0 Å². The molecule has 154 valence electrons. The molecular weight excluding hydrogens is 372 g/mol. The number of nitrogens with one attached hydrogen (secondary N) is 2. The van der Waals surface area contributed by atoms with Gasteiger partial charge in [0.1, 0.15) is 0 Å². The summed E-state index contributed by atoms with van der Waals surface area (Å²) in [7, 11) is 3.04. The van der Waals surface area contributed by atoms with Gasteiger partial charge in [-0.3, -0.25) is 14.6 Å². The van der Waals surface area contributed by atoms with Gasteiger partial charge in [0.15, 0.2) is 11.5 Å². The van der Waals surface area contributed by atoms with Crippen LogP contribution in [0.3, 0.4) is 0 Å². The molecule has 1 aliphatic heterocycles. The van der Waals surface area contributed by atoms with Gasteiger partial charge in [-0.25, -0.2) is 0 Å². The Morgan fingerprint density at radius 3 is 2.38 bits per heavy atom. The van der Waals surface area contributed by atoms with Gasteiger partial charge in [0.25, 0.3) is 0 Å². The van der Waals surface area contributed by atoms with Gasteiger partial charge in [0.05, 0.1) is 14.2 Å². The topological polar surface area (TPSA) is 92.8 Å². The highest BCUT2D eigenvalue weighted by Gasteiger charge is 2.21. The zero-order valence-corrected chi connectivity index (χ0v) is 16.7. The van der Waals surface area contributed by atoms with Crippen LogP contribution in [0.25, 0.3) is 0 Å². The molecular formula is C21H26N4O4. The maximum Gasteiger partial charge on any atom is 0.313 e. The predicted octanol–water partition coefficient (Wildman–Crippen LogP) is 2.07. The van der Waals surface area contributed by atoms with E-state index in [1.54, 1.807) is 30.6 Å². The number of rotatable bonds is 6. The smallest absolute Gasteiger partial charge is 0.313 e. The molecule has 1 fully saturated rings. The fourth-order valence-corrected chi connectivity index (χ4v) is 3.37. The van der Waals surface area contributed by atoms with Crippen molar-refractivity contribution in [3.8, 4) is 11.5 Å². The van der Waals surface area contributed by atoms with Gasteiger partial charge in [-0.15, -0.1) is 0 Å². The summed E-state index contributed by atoms with van der Waals surface area (Å²) in [6.45, 7) is 2.33. The molecule has 0 spiro atoms. The van der Waals surface area contributed by atoms with Crippen LogP contribution >= 0.6 is 0 Å². The largest absolute Gasteiger partial charge is 0.493 e. The monoisotopic (exact) mass is 398 g/mol. The van der Waals surface area contributed by atoms with Crippen molar-refractivity contribution in [2.24, 2.45) is 5.92 Å². The number of hydrogen-bond donors (Lipinski definition) is 2. The third-order valence-electron chi connectivity index (χ3n) is 5.04. The van der Waals surface area contributed by atoms with Crippen molar-refractivity contribution in [3.05, 3.63) is 42.7 Å². The van der Waals surface area contributed by atoms with Crippen molar-refractivity contribution in [3.63, 3.8) is 0 Å². The van der Waals surface area contributed by atoms with Crippen molar-refractivity contribution in [2.75, 3.05) is 44.1 Å². The molecule has 1 saturated heterocycles. The van der Waals surface area contributed by atoms with Crippen LogP contribution in [0.2, 0.25) is 0 Å². The number of benzene rings is 1. The Balaban J connectivity index is 1.44. The summed E-state index contributed by atoms with van der Waals surface area (Å²) in [5, 5.41) is 5.33. The Bertz CT molecular complexity index is 836. The van der Waals surface area contributed by atoms with Gasteiger partial charge in [0.2, 0.25) is 0 Å². The lowest BCUT2D eigenvalue weighted by Gasteiger charge is -2.33. The second-order valence-corrected chi connectivity index (χ2v) is 6.87. The molecule has 0 unspecified atom stereocenters. The van der Waals surface area contributed by atoms with Gasteiger partial charge >= 0.3 is 11.8 Å². The number of anilines is 2. The van der Waals surface area contributed by atoms with E-state index in [9.17, 15) is 9.59 Å². The lowest BCUT2D eigenvalue weighted by atomic mass is 9.96. The number of methoxy groups -OCH3 is 2. The standard InChI is InChI=1S/C21H26N4O4/c1-28-18-4-3-16(13-19(18)29-2)24-21(27)20(26)23-14-15-7-11-25(12-8-15)17-5-9-22-10-6-17/h3-6,9-10,13,15H,7-8,11-12,14H2,1-2H3,(H,23,26)(H,24,27). The van der Waals surface area contributed by atoms with E-state index in [4.69, 9.17) is 9.47 Å². The first kappa shape index (κ1) is 20.4. The summed E-state index contributed by atoms with van der Waals surface area (Å²) in [5.41, 5.74) is 1.63. The Kier molecular flexibility index (Phi) is 6.89. The number of carbonyl (C=O) groups excluding carboxylic acids is 2. The van der Waals surface area contributed by atoms with Crippen LogP contribution in [0, 0.1) is 5.92 Å². The van der Waals surface area contributed by atoms with Crippen LogP contribution in [0.15, 0.2) is 42.7 Å². The summed E-state index contributed by atoms with van der Waals surface area (Å²) in [6, 6.07) is 8.93. The third kappa shape index (κ3) is 5.37. The molecule has 0 atom stereocenters. The van der Waals surface area contributed by atoms with Crippen molar-refractivity contribution in [1.29, 1.82) is 0 Å². The molecule has 3 rings (SSSR count). The molecule has 8 heteroatoms. The first-order valence-electron chi connectivity index (χ1n) is 9.57. The van der Waals surface area contributed by atoms with E-state index < -0.39 is 11.8 Å². The molecule has 2 aromatic rings. The van der Waals surface area contributed by atoms with E-state index in [0.717, 1.165) is 31.6 Å². The SMILES string of the molecule is COc1ccc(NC(=O)C(=O)NCC2CCN(c3ccncc3)CC2)cc1OC. The first-order valence-corrected chi connectivity index (χ1v) is 9.57. The second-order valence-electron chi connectivity index (χ2n) is 6.87. The van der Waals surface area contributed by atoms with Gasteiger partial charge in [-0.05, 0) is 43.0 Å². The lowest BCUT2D eigenvalue weighted by Crippen LogP contribution is -2.41. The number of piperidine rings is 1. The molecule has 2 heterocycles. The Morgan fingerprint density at radius 1 is 1.03 bits per heavy atom. The zero-order chi connectivity index (χ0) is 20.6. The fraction of sp³-hybridized carbons (Fsp3) is 0.381. The lowest BCUT2D eigenvalue weighted by molar-refractivity contribution is -0.136. The fourth-order valence-electron chi connectivity index (χ4n) is 3.37. The minimum Gasteiger partial charge on any atom is -0.493 e. The molecule has 8 nitrogen and oxygen atoms in total. The molecule has 2 N–H and O–H groups in total. The second kappa shape index (κ2) is 9.77. The van der Waals surface area contributed by atoms with Gasteiger partial charge in [-0.2, -0.15) is 0 Å². The first-order chi connectivity index (χ1) is 14.1. The van der Waals surface area contributed by atoms with E-state index in [1.165, 1.54) is 14.2 Å². The van der Waals surface area contributed by atoms with Crippen molar-refractivity contribution in [2.45, 2.75) is 12.8 Å². The number of pyridine rings is 1. The summed E-state index contributed by atoms with van der Waals surface area (Å²) in [4.78, 5) is 30.7. The van der Waals surface area contributed by atoms with E-state index >= 15 is 0 Å². The Morgan fingerprint density at radius 2 is 1.72 bits per heavy atom. The van der Waals surface area contributed by atoms with Crippen LogP contribution in [0.4, 0.5) is 11.4 Å². The molecule has 0 radical (unpaired) electrons. The van der Waals surface area contributed by atoms with Crippen molar-refractivity contribution < 1.29 is 19.1 Å². The number of nitrogens with zero attached hydrogens (tertiary/aromatic N) is 2. The molecule has 0 bridgehead atoms. The van der Waals surface area contributed by atoms with Crippen molar-refractivity contribution >= 4 is 23.2 Å². The molecule has 1 aliphatic rings. The van der Waals surface area contributed by atoms with Crippen LogP contribution in [0.1, 0.15) is 12.8 Å². The van der Waals surface area contributed by atoms with E-state index in [1.807, 2.05) is 12.1 Å². The number of amides is 2. The highest BCUT2D eigenvalue weighted by molar-refractivity contribution is 6.39. The highest BCUT2D eigenvalue weighted by Crippen LogP contribution is 2.29. The zero-order valence-electron chi connectivity index (χ0n) is 16.7. The van der Waals surface area contributed by atoms with Crippen LogP contribution in [0.5, 0.6) is 11.5 Å². The van der Waals surface area contributed by atoms with Crippen molar-refractivity contribution in [1.82, 2.24) is 10.3 Å². The third-order valence-corrected chi connectivity index (χ3v) is 5.04. The summed E-state index contributed by atoms with van der Waals surface area (Å²) >= 11 is 0. The molecule has 1 aromatic heterocycles. The highest BCUT2D eigenvalue weighted by atomic mass is 16.5. The maximum atomic E-state index is 12.2. The molecule has 0 aliphatic carbocycles. The number of aromatic nitrogens is 1. The minimum atomic E-state index is -0.702. The molecule has 29 heavy (non-hydrogen) atoms. The summed E-state index contributed by atoms with van der Waals surface area (Å²) in [5.74, 6) is 0.0356. The Labute approximate surface area is 170 Å². The minimum absolute atomic E-state index is 0.353. The van der Waals surface area contributed by atoms with E-state index in [-0.39, 0.29) is 0 Å². The number of hydrogen-bond acceptors (Lipinski definition) is 6. The predicted molar refractivity (Wildman–Crippen MR) is 110 cm³/mol. The quantitative estimate of drug-likeness (QED) is 0.724. The van der Waals surface area contributed by atoms with Crippen LogP contribution in [-0.2, 0) is 9.59 Å². The van der Waals surface area contributed by atoms with Crippen LogP contribution in [-0.4, -0.2) is 50.7 Å².